The van der Waals surface area contributed by atoms with Gasteiger partial charge in [-0.25, -0.2) is 0 Å². The van der Waals surface area contributed by atoms with Gasteiger partial charge in [-0.05, 0) is 121 Å². The van der Waals surface area contributed by atoms with E-state index in [1.807, 2.05) is 55.5 Å². The highest BCUT2D eigenvalue weighted by Crippen LogP contribution is 2.28. The summed E-state index contributed by atoms with van der Waals surface area (Å²) in [5.74, 6) is 0. The molecule has 0 aromatic heterocycles. The monoisotopic (exact) mass is 800 g/mol. The van der Waals surface area contributed by atoms with E-state index in [4.69, 9.17) is 0 Å². The molecule has 0 aliphatic rings. The van der Waals surface area contributed by atoms with Gasteiger partial charge in [0.1, 0.15) is 0 Å². The van der Waals surface area contributed by atoms with E-state index in [2.05, 4.69) is 128 Å². The molecule has 0 atom stereocenters. The Morgan fingerprint density at radius 3 is 1.32 bits per heavy atom. The number of anilines is 3. The molecule has 10 nitrogen and oxygen atoms in total. The molecule has 0 heterocycles. The topological polar surface area (TPSA) is 125 Å². The van der Waals surface area contributed by atoms with Crippen LogP contribution in [0, 0.1) is 32.8 Å². The van der Waals surface area contributed by atoms with Crippen LogP contribution in [0.2, 0.25) is 0 Å². The molecule has 0 saturated carbocycles. The van der Waals surface area contributed by atoms with Crippen molar-refractivity contribution in [2.24, 2.45) is 10.2 Å². The molecule has 0 aliphatic heterocycles. The summed E-state index contributed by atoms with van der Waals surface area (Å²) in [4.78, 5) is 17.2. The van der Waals surface area contributed by atoms with Gasteiger partial charge in [0, 0.05) is 69.5 Å². The highest BCUT2D eigenvalue weighted by atomic mass is 16.6. The Bertz CT molecular complexity index is 2230. The van der Waals surface area contributed by atoms with Crippen LogP contribution in [0.25, 0.3) is 24.3 Å². The van der Waals surface area contributed by atoms with Crippen molar-refractivity contribution in [2.45, 2.75) is 53.4 Å². The number of hydrogen-bond acceptors (Lipinski definition) is 9. The van der Waals surface area contributed by atoms with Crippen molar-refractivity contribution in [2.75, 3.05) is 55.5 Å². The highest BCUT2D eigenvalue weighted by molar-refractivity contribution is 5.79. The van der Waals surface area contributed by atoms with E-state index in [0.717, 1.165) is 72.5 Å². The molecule has 0 spiro atoms. The van der Waals surface area contributed by atoms with Gasteiger partial charge in [0.15, 0.2) is 0 Å². The zero-order chi connectivity index (χ0) is 43.4. The molecule has 0 radical (unpaired) electrons. The first-order chi connectivity index (χ1) is 29.0. The predicted molar refractivity (Wildman–Crippen MR) is 250 cm³/mol. The summed E-state index contributed by atoms with van der Waals surface area (Å²) in [6.07, 6.45) is 11.7. The van der Waals surface area contributed by atoms with Crippen LogP contribution in [0.15, 0.2) is 113 Å². The molecule has 10 heteroatoms. The number of nitro groups is 1. The Labute approximate surface area is 356 Å². The fraction of sp³-hybridized carbons (Fsp3) is 0.280. The molecule has 308 valence electrons. The van der Waals surface area contributed by atoms with E-state index >= 15 is 0 Å². The Morgan fingerprint density at radius 1 is 0.567 bits per heavy atom. The lowest BCUT2D eigenvalue weighted by Gasteiger charge is -2.18. The Balaban J connectivity index is 0.000000287. The van der Waals surface area contributed by atoms with Crippen molar-refractivity contribution >= 4 is 58.4 Å². The number of nitro benzene ring substituents is 1. The molecule has 5 rings (SSSR count). The van der Waals surface area contributed by atoms with E-state index in [-0.39, 0.29) is 10.6 Å². The molecule has 0 aliphatic carbocycles. The van der Waals surface area contributed by atoms with E-state index < -0.39 is 0 Å². The zero-order valence-corrected chi connectivity index (χ0v) is 36.0. The Hall–Kier alpha value is -7.04. The molecule has 0 amide bonds. The molecule has 0 bridgehead atoms. The largest absolute Gasteiger partial charge is 0.375 e. The lowest BCUT2D eigenvalue weighted by atomic mass is 9.97. The van der Waals surface area contributed by atoms with E-state index in [1.165, 1.54) is 17.4 Å². The third-order valence-electron chi connectivity index (χ3n) is 9.93. The van der Waals surface area contributed by atoms with Crippen LogP contribution in [0.3, 0.4) is 0 Å². The number of azo groups is 1. The number of aryl methyl sites for hydroxylation is 1. The predicted octanol–water partition coefficient (Wildman–Crippen LogP) is 12.9. The highest BCUT2D eigenvalue weighted by Gasteiger charge is 2.12. The summed E-state index contributed by atoms with van der Waals surface area (Å²) in [7, 11) is 6.24. The Morgan fingerprint density at radius 2 is 0.950 bits per heavy atom. The number of nitriles is 2. The van der Waals surface area contributed by atoms with E-state index in [9.17, 15) is 20.6 Å². The van der Waals surface area contributed by atoms with Gasteiger partial charge in [-0.2, -0.15) is 20.8 Å². The van der Waals surface area contributed by atoms with Crippen molar-refractivity contribution in [3.63, 3.8) is 0 Å². The number of rotatable bonds is 17. The van der Waals surface area contributed by atoms with Crippen molar-refractivity contribution in [1.29, 1.82) is 10.5 Å². The van der Waals surface area contributed by atoms with Gasteiger partial charge >= 0.3 is 0 Å². The first-order valence-electron chi connectivity index (χ1n) is 20.5. The minimum Gasteiger partial charge on any atom is -0.375 e. The summed E-state index contributed by atoms with van der Waals surface area (Å²) < 4.78 is 0. The molecule has 5 aromatic rings. The second kappa shape index (κ2) is 23.4. The van der Waals surface area contributed by atoms with E-state index in [1.54, 1.807) is 24.3 Å². The first-order valence-corrected chi connectivity index (χ1v) is 20.5. The molecule has 0 fully saturated rings. The van der Waals surface area contributed by atoms with Crippen molar-refractivity contribution < 1.29 is 4.92 Å². The quantitative estimate of drug-likeness (QED) is 0.0397. The summed E-state index contributed by atoms with van der Waals surface area (Å²) >= 11 is 0. The summed E-state index contributed by atoms with van der Waals surface area (Å²) in [6.45, 7) is 11.4. The van der Waals surface area contributed by atoms with Crippen molar-refractivity contribution in [1.82, 2.24) is 0 Å². The van der Waals surface area contributed by atoms with Crippen molar-refractivity contribution in [3.05, 3.63) is 152 Å². The van der Waals surface area contributed by atoms with Crippen LogP contribution in [0.5, 0.6) is 0 Å². The minimum absolute atomic E-state index is 0.125. The maximum Gasteiger partial charge on any atom is 0.272 e. The number of hydrogen-bond donors (Lipinski definition) is 0. The standard InChI is InChI=1S/C32H34N4.C18H22N4O2/c1-5-19-35(3)31-15-9-25(10-16-31)7-13-27-21-30(24-34)28(22-29(27)23-33)14-8-26-11-17-32(18-12-26)36(4)20-6-2;1-4-12-21(3)17-9-6-15(7-10-17)19-20-16-8-11-18(22(23)24)14(5-2)13-16/h7-18,21-22H,5-6,19-20H2,1-4H3;6-11,13H,4-5,12H2,1-3H3/b13-7+,14-8+;. The second-order valence-electron chi connectivity index (χ2n) is 14.5. The second-order valence-corrected chi connectivity index (χ2v) is 14.5. The maximum absolute atomic E-state index is 11.0. The SMILES string of the molecule is CCCN(C)c1ccc(/C=C/c2cc(C#N)c(/C=C/c3ccc(N(C)CCC)cc3)cc2C#N)cc1.CCCN(C)c1ccc(N=Nc2ccc([N+](=O)[O-])c(CC)c2)cc1. The maximum atomic E-state index is 11.0. The molecule has 60 heavy (non-hydrogen) atoms. The van der Waals surface area contributed by atoms with Crippen LogP contribution >= 0.6 is 0 Å². The lowest BCUT2D eigenvalue weighted by molar-refractivity contribution is -0.385. The van der Waals surface area contributed by atoms with Gasteiger partial charge in [0.05, 0.1) is 39.6 Å². The third kappa shape index (κ3) is 13.3. The van der Waals surface area contributed by atoms with Gasteiger partial charge in [-0.15, -0.1) is 0 Å². The van der Waals surface area contributed by atoms with Gasteiger partial charge in [-0.1, -0.05) is 76.3 Å². The molecule has 5 aromatic carbocycles. The first kappa shape index (κ1) is 45.7. The summed E-state index contributed by atoms with van der Waals surface area (Å²) in [6, 6.07) is 37.5. The average molecular weight is 801 g/mol. The number of nitrogens with zero attached hydrogens (tertiary/aromatic N) is 8. The lowest BCUT2D eigenvalue weighted by Crippen LogP contribution is -2.17. The van der Waals surface area contributed by atoms with Crippen LogP contribution < -0.4 is 14.7 Å². The van der Waals surface area contributed by atoms with Crippen LogP contribution in [-0.4, -0.2) is 45.7 Å². The summed E-state index contributed by atoms with van der Waals surface area (Å²) in [5.41, 5.74) is 10.3. The molecule has 0 unspecified atom stereocenters. The van der Waals surface area contributed by atoms with Crippen LogP contribution in [0.4, 0.5) is 34.1 Å². The van der Waals surface area contributed by atoms with Crippen LogP contribution in [0.1, 0.15) is 85.9 Å². The van der Waals surface area contributed by atoms with Crippen LogP contribution in [-0.2, 0) is 6.42 Å². The average Bonchev–Trinajstić information content (AvgIpc) is 3.27. The minimum atomic E-state index is -0.370. The fourth-order valence-corrected chi connectivity index (χ4v) is 6.53. The van der Waals surface area contributed by atoms with Crippen molar-refractivity contribution in [3.8, 4) is 12.1 Å². The third-order valence-corrected chi connectivity index (χ3v) is 9.93. The van der Waals surface area contributed by atoms with Gasteiger partial charge in [0.25, 0.3) is 5.69 Å². The summed E-state index contributed by atoms with van der Waals surface area (Å²) in [5, 5.41) is 38.9. The smallest absolute Gasteiger partial charge is 0.272 e. The molecular formula is C50H56N8O2. The Kier molecular flexibility index (Phi) is 17.8. The normalized spacial score (nSPS) is 10.9. The van der Waals surface area contributed by atoms with Gasteiger partial charge in [0.2, 0.25) is 0 Å². The van der Waals surface area contributed by atoms with E-state index in [0.29, 0.717) is 28.8 Å². The molecule has 0 N–H and O–H groups in total. The number of benzene rings is 5. The van der Waals surface area contributed by atoms with Gasteiger partial charge in [-0.3, -0.25) is 10.1 Å². The zero-order valence-electron chi connectivity index (χ0n) is 36.0. The fourth-order valence-electron chi connectivity index (χ4n) is 6.53. The molecular weight excluding hydrogens is 745 g/mol. The van der Waals surface area contributed by atoms with Gasteiger partial charge < -0.3 is 14.7 Å². The molecule has 0 saturated heterocycles.